The molecule has 6 heteroatoms. The number of hydrazone groups is 1. The largest absolute Gasteiger partial charge is 0.489 e. The van der Waals surface area contributed by atoms with Gasteiger partial charge in [0.25, 0.3) is 0 Å². The molecule has 3 nitrogen and oxygen atoms in total. The van der Waals surface area contributed by atoms with Gasteiger partial charge in [0.2, 0.25) is 0 Å². The third-order valence-electron chi connectivity index (χ3n) is 3.12. The van der Waals surface area contributed by atoms with E-state index in [1.165, 1.54) is 17.8 Å². The number of thiocarbonyl (C=S) groups is 1. The van der Waals surface area contributed by atoms with Gasteiger partial charge in [-0.3, -0.25) is 5.43 Å². The molecule has 23 heavy (non-hydrogen) atoms. The maximum absolute atomic E-state index is 13.5. The third kappa shape index (κ3) is 5.33. The highest BCUT2D eigenvalue weighted by molar-refractivity contribution is 8.22. The van der Waals surface area contributed by atoms with E-state index in [4.69, 9.17) is 17.0 Å². The normalized spacial score (nSPS) is 11.2. The summed E-state index contributed by atoms with van der Waals surface area (Å²) in [6, 6.07) is 14.1. The lowest BCUT2D eigenvalue weighted by Crippen LogP contribution is -2.13. The number of thioether (sulfide) groups is 1. The first-order valence-electron chi connectivity index (χ1n) is 6.95. The molecule has 0 aromatic heterocycles. The first-order valence-corrected chi connectivity index (χ1v) is 8.58. The summed E-state index contributed by atoms with van der Waals surface area (Å²) in [7, 11) is 0. The molecule has 0 fully saturated rings. The van der Waals surface area contributed by atoms with Crippen molar-refractivity contribution in [3.63, 3.8) is 0 Å². The van der Waals surface area contributed by atoms with E-state index < -0.39 is 0 Å². The summed E-state index contributed by atoms with van der Waals surface area (Å²) in [4.78, 5) is 0. The van der Waals surface area contributed by atoms with E-state index in [0.717, 1.165) is 11.3 Å². The lowest BCUT2D eigenvalue weighted by atomic mass is 10.1. The topological polar surface area (TPSA) is 33.6 Å². The molecule has 2 rings (SSSR count). The monoisotopic (exact) mass is 348 g/mol. The van der Waals surface area contributed by atoms with Gasteiger partial charge in [-0.15, -0.1) is 0 Å². The molecule has 0 radical (unpaired) electrons. The van der Waals surface area contributed by atoms with Crippen molar-refractivity contribution >= 4 is 34.0 Å². The minimum Gasteiger partial charge on any atom is -0.489 e. The Hall–Kier alpha value is -1.92. The van der Waals surface area contributed by atoms with Crippen molar-refractivity contribution in [3.05, 3.63) is 65.5 Å². The van der Waals surface area contributed by atoms with Gasteiger partial charge in [-0.1, -0.05) is 42.2 Å². The zero-order valence-electron chi connectivity index (χ0n) is 12.9. The van der Waals surface area contributed by atoms with Crippen LogP contribution in [-0.2, 0) is 6.61 Å². The molecule has 0 heterocycles. The minimum atomic E-state index is -0.261. The Morgan fingerprint density at radius 1 is 1.22 bits per heavy atom. The first-order chi connectivity index (χ1) is 11.1. The Morgan fingerprint density at radius 3 is 2.57 bits per heavy atom. The van der Waals surface area contributed by atoms with Crippen molar-refractivity contribution < 1.29 is 9.13 Å². The quantitative estimate of drug-likeness (QED) is 0.494. The van der Waals surface area contributed by atoms with Crippen molar-refractivity contribution in [3.8, 4) is 5.75 Å². The highest BCUT2D eigenvalue weighted by atomic mass is 32.2. The van der Waals surface area contributed by atoms with Crippen LogP contribution in [0.15, 0.2) is 53.6 Å². The SMILES string of the molecule is CSC(=S)N/N=C(\C)c1ccc(OCc2ccccc2F)cc1. The molecule has 0 unspecified atom stereocenters. The second-order valence-electron chi connectivity index (χ2n) is 4.71. The van der Waals surface area contributed by atoms with E-state index in [1.54, 1.807) is 18.2 Å². The molecule has 0 saturated carbocycles. The van der Waals surface area contributed by atoms with Crippen LogP contribution in [0.3, 0.4) is 0 Å². The first kappa shape index (κ1) is 17.4. The summed E-state index contributed by atoms with van der Waals surface area (Å²) < 4.78 is 19.7. The smallest absolute Gasteiger partial charge is 0.153 e. The standard InChI is InChI=1S/C17H17FN2OS2/c1-12(19-20-17(22)23-2)13-7-9-15(10-8-13)21-11-14-5-3-4-6-16(14)18/h3-10H,11H2,1-2H3,(H,20,22)/b19-12+. The van der Waals surface area contributed by atoms with Crippen LogP contribution in [0, 0.1) is 5.82 Å². The van der Waals surface area contributed by atoms with Crippen molar-refractivity contribution in [1.82, 2.24) is 5.43 Å². The fourth-order valence-electron chi connectivity index (χ4n) is 1.81. The molecule has 120 valence electrons. The second-order valence-corrected chi connectivity index (χ2v) is 6.19. The number of nitrogens with zero attached hydrogens (tertiary/aromatic N) is 1. The minimum absolute atomic E-state index is 0.197. The molecular formula is C17H17FN2OS2. The van der Waals surface area contributed by atoms with Crippen LogP contribution in [0.4, 0.5) is 4.39 Å². The van der Waals surface area contributed by atoms with Gasteiger partial charge in [-0.25, -0.2) is 4.39 Å². The Balaban J connectivity index is 1.97. The van der Waals surface area contributed by atoms with E-state index in [-0.39, 0.29) is 12.4 Å². The highest BCUT2D eigenvalue weighted by Gasteiger charge is 2.03. The fraction of sp³-hybridized carbons (Fsp3) is 0.176. The van der Waals surface area contributed by atoms with Gasteiger partial charge < -0.3 is 4.74 Å². The summed E-state index contributed by atoms with van der Waals surface area (Å²) in [5.41, 5.74) is 5.12. The fourth-order valence-corrected chi connectivity index (χ4v) is 1.99. The Morgan fingerprint density at radius 2 is 1.91 bits per heavy atom. The molecule has 0 atom stereocenters. The Bertz CT molecular complexity index is 702. The highest BCUT2D eigenvalue weighted by Crippen LogP contribution is 2.16. The van der Waals surface area contributed by atoms with Gasteiger partial charge in [0.1, 0.15) is 18.2 Å². The molecule has 0 aliphatic rings. The van der Waals surface area contributed by atoms with E-state index in [2.05, 4.69) is 10.5 Å². The molecule has 0 bridgehead atoms. The van der Waals surface area contributed by atoms with Crippen LogP contribution >= 0.6 is 24.0 Å². The van der Waals surface area contributed by atoms with E-state index >= 15 is 0 Å². The van der Waals surface area contributed by atoms with Gasteiger partial charge in [-0.2, -0.15) is 5.10 Å². The van der Waals surface area contributed by atoms with E-state index in [9.17, 15) is 4.39 Å². The summed E-state index contributed by atoms with van der Waals surface area (Å²) in [5.74, 6) is 0.417. The van der Waals surface area contributed by atoms with Crippen LogP contribution < -0.4 is 10.2 Å². The van der Waals surface area contributed by atoms with Gasteiger partial charge in [0.05, 0.1) is 5.71 Å². The van der Waals surface area contributed by atoms with Crippen LogP contribution in [0.2, 0.25) is 0 Å². The predicted molar refractivity (Wildman–Crippen MR) is 98.6 cm³/mol. The van der Waals surface area contributed by atoms with Crippen molar-refractivity contribution in [2.45, 2.75) is 13.5 Å². The lowest BCUT2D eigenvalue weighted by Gasteiger charge is -2.08. The molecular weight excluding hydrogens is 331 g/mol. The number of halogens is 1. The number of hydrogen-bond donors (Lipinski definition) is 1. The Kier molecular flexibility index (Phi) is 6.55. The molecule has 2 aromatic rings. The summed E-state index contributed by atoms with van der Waals surface area (Å²) >= 11 is 6.46. The average Bonchev–Trinajstić information content (AvgIpc) is 2.59. The Labute approximate surface area is 144 Å². The van der Waals surface area contributed by atoms with E-state index in [1.807, 2.05) is 37.4 Å². The third-order valence-corrected chi connectivity index (χ3v) is 4.18. The number of hydrogen-bond acceptors (Lipinski definition) is 4. The van der Waals surface area contributed by atoms with Crippen LogP contribution in [0.5, 0.6) is 5.75 Å². The van der Waals surface area contributed by atoms with Gasteiger partial charge >= 0.3 is 0 Å². The van der Waals surface area contributed by atoms with Crippen molar-refractivity contribution in [1.29, 1.82) is 0 Å². The number of nitrogens with one attached hydrogen (secondary N) is 1. The van der Waals surface area contributed by atoms with Gasteiger partial charge in [-0.05, 0) is 49.1 Å². The summed E-state index contributed by atoms with van der Waals surface area (Å²) in [6.07, 6.45) is 1.89. The van der Waals surface area contributed by atoms with E-state index in [0.29, 0.717) is 15.6 Å². The number of rotatable bonds is 5. The van der Waals surface area contributed by atoms with Gasteiger partial charge in [0.15, 0.2) is 4.32 Å². The zero-order valence-corrected chi connectivity index (χ0v) is 14.5. The maximum Gasteiger partial charge on any atom is 0.153 e. The van der Waals surface area contributed by atoms with Crippen molar-refractivity contribution in [2.75, 3.05) is 6.26 Å². The lowest BCUT2D eigenvalue weighted by molar-refractivity contribution is 0.300. The molecule has 1 N–H and O–H groups in total. The molecule has 0 aliphatic carbocycles. The van der Waals surface area contributed by atoms with Crippen LogP contribution in [0.1, 0.15) is 18.1 Å². The molecule has 0 aliphatic heterocycles. The molecule has 0 spiro atoms. The number of benzene rings is 2. The van der Waals surface area contributed by atoms with Crippen molar-refractivity contribution in [2.24, 2.45) is 5.10 Å². The number of ether oxygens (including phenoxy) is 1. The zero-order chi connectivity index (χ0) is 16.7. The average molecular weight is 348 g/mol. The summed E-state index contributed by atoms with van der Waals surface area (Å²) in [6.45, 7) is 2.09. The van der Waals surface area contributed by atoms with Gasteiger partial charge in [0, 0.05) is 5.56 Å². The molecule has 2 aromatic carbocycles. The predicted octanol–water partition coefficient (Wildman–Crippen LogP) is 4.37. The molecule has 0 amide bonds. The van der Waals surface area contributed by atoms with Crippen LogP contribution in [-0.4, -0.2) is 16.3 Å². The second kappa shape index (κ2) is 8.64. The summed E-state index contributed by atoms with van der Waals surface area (Å²) in [5, 5.41) is 4.21. The maximum atomic E-state index is 13.5. The van der Waals surface area contributed by atoms with Crippen LogP contribution in [0.25, 0.3) is 0 Å². The molecule has 0 saturated heterocycles.